The maximum absolute atomic E-state index is 13.1. The van der Waals surface area contributed by atoms with Gasteiger partial charge in [0, 0.05) is 18.9 Å². The average molecular weight is 379 g/mol. The minimum Gasteiger partial charge on any atom is -0.356 e. The molecule has 0 aliphatic rings. The summed E-state index contributed by atoms with van der Waals surface area (Å²) in [5, 5.41) is 2.74. The number of amides is 1. The van der Waals surface area contributed by atoms with Gasteiger partial charge in [-0.2, -0.15) is 0 Å². The third-order valence-corrected chi connectivity index (χ3v) is 5.16. The minimum atomic E-state index is -3.75. The van der Waals surface area contributed by atoms with Crippen molar-refractivity contribution in [2.75, 3.05) is 17.0 Å². The van der Waals surface area contributed by atoms with Gasteiger partial charge >= 0.3 is 0 Å². The van der Waals surface area contributed by atoms with Crippen molar-refractivity contribution in [2.24, 2.45) is 5.92 Å². The van der Waals surface area contributed by atoms with Crippen molar-refractivity contribution < 1.29 is 17.6 Å². The summed E-state index contributed by atoms with van der Waals surface area (Å²) in [7, 11) is -3.75. The third kappa shape index (κ3) is 6.79. The molecule has 1 amide bonds. The summed E-state index contributed by atoms with van der Waals surface area (Å²) >= 11 is 0. The molecule has 0 spiro atoms. The lowest BCUT2D eigenvalue weighted by Crippen LogP contribution is -2.35. The average Bonchev–Trinajstić information content (AvgIpc) is 2.58. The van der Waals surface area contributed by atoms with Crippen LogP contribution >= 0.6 is 0 Å². The highest BCUT2D eigenvalue weighted by Crippen LogP contribution is 2.13. The highest BCUT2D eigenvalue weighted by molar-refractivity contribution is 7.92. The summed E-state index contributed by atoms with van der Waals surface area (Å²) in [6.45, 7) is 2.00. The molecule has 2 N–H and O–H groups in total. The molecule has 1 aromatic heterocycles. The Balaban J connectivity index is 1.76. The fraction of sp³-hybridized carbons (Fsp3) is 0.333. The minimum absolute atomic E-state index is 0.133. The van der Waals surface area contributed by atoms with Gasteiger partial charge in [-0.3, -0.25) is 14.5 Å². The van der Waals surface area contributed by atoms with Gasteiger partial charge in [0.1, 0.15) is 5.82 Å². The summed E-state index contributed by atoms with van der Waals surface area (Å²) in [5.41, 5.74) is 1.21. The first-order valence-corrected chi connectivity index (χ1v) is 9.93. The molecule has 0 radical (unpaired) electrons. The molecule has 0 aliphatic carbocycles. The lowest BCUT2D eigenvalue weighted by atomic mass is 10.1. The van der Waals surface area contributed by atoms with Gasteiger partial charge in [0.15, 0.2) is 0 Å². The molecule has 1 atom stereocenters. The Labute approximate surface area is 152 Å². The monoisotopic (exact) mass is 379 g/mol. The fourth-order valence-corrected chi connectivity index (χ4v) is 3.78. The van der Waals surface area contributed by atoms with Crippen LogP contribution in [0.3, 0.4) is 0 Å². The Morgan fingerprint density at radius 1 is 1.27 bits per heavy atom. The highest BCUT2D eigenvalue weighted by atomic mass is 32.2. The van der Waals surface area contributed by atoms with Crippen molar-refractivity contribution in [2.45, 2.75) is 19.8 Å². The lowest BCUT2D eigenvalue weighted by Gasteiger charge is -2.14. The van der Waals surface area contributed by atoms with E-state index < -0.39 is 21.8 Å². The molecule has 0 bridgehead atoms. The second-order valence-corrected chi connectivity index (χ2v) is 7.82. The van der Waals surface area contributed by atoms with Crippen LogP contribution in [0.4, 0.5) is 10.1 Å². The Hall–Kier alpha value is -2.48. The van der Waals surface area contributed by atoms with Crippen LogP contribution in [0.1, 0.15) is 18.9 Å². The van der Waals surface area contributed by atoms with E-state index >= 15 is 0 Å². The number of pyridine rings is 1. The smallest absolute Gasteiger partial charge is 0.233 e. The highest BCUT2D eigenvalue weighted by Gasteiger charge is 2.21. The second-order valence-electron chi connectivity index (χ2n) is 6.05. The third-order valence-electron chi connectivity index (χ3n) is 3.68. The van der Waals surface area contributed by atoms with Crippen LogP contribution in [0.2, 0.25) is 0 Å². The predicted molar refractivity (Wildman–Crippen MR) is 98.5 cm³/mol. The van der Waals surface area contributed by atoms with Crippen LogP contribution in [0.25, 0.3) is 0 Å². The van der Waals surface area contributed by atoms with Gasteiger partial charge in [-0.05, 0) is 42.7 Å². The molecule has 0 saturated carbocycles. The molecule has 1 heterocycles. The van der Waals surface area contributed by atoms with Crippen molar-refractivity contribution in [3.05, 3.63) is 60.2 Å². The number of nitrogens with zero attached hydrogens (tertiary/aromatic N) is 1. The summed E-state index contributed by atoms with van der Waals surface area (Å²) < 4.78 is 39.6. The SMILES string of the molecule is CC(CS(=O)(=O)Nc1cccc(F)c1)C(=O)NCCCc1cccnc1. The zero-order chi connectivity index (χ0) is 19.0. The van der Waals surface area contributed by atoms with Crippen LogP contribution in [0.5, 0.6) is 0 Å². The van der Waals surface area contributed by atoms with Gasteiger partial charge in [0.05, 0.1) is 17.4 Å². The van der Waals surface area contributed by atoms with E-state index in [1.54, 1.807) is 19.3 Å². The van der Waals surface area contributed by atoms with Crippen molar-refractivity contribution in [3.8, 4) is 0 Å². The van der Waals surface area contributed by atoms with Crippen LogP contribution in [0, 0.1) is 11.7 Å². The summed E-state index contributed by atoms with van der Waals surface area (Å²) in [6, 6.07) is 8.98. The van der Waals surface area contributed by atoms with Gasteiger partial charge in [-0.15, -0.1) is 0 Å². The quantitative estimate of drug-likeness (QED) is 0.655. The Morgan fingerprint density at radius 2 is 2.08 bits per heavy atom. The number of rotatable bonds is 9. The summed E-state index contributed by atoms with van der Waals surface area (Å²) in [5.74, 6) is -1.97. The Bertz CT molecular complexity index is 829. The van der Waals surface area contributed by atoms with Gasteiger partial charge in [-0.25, -0.2) is 12.8 Å². The molecular formula is C18H22FN3O3S. The Kier molecular flexibility index (Phi) is 7.08. The number of aromatic nitrogens is 1. The molecule has 1 aromatic carbocycles. The van der Waals surface area contributed by atoms with Crippen molar-refractivity contribution in [1.29, 1.82) is 0 Å². The van der Waals surface area contributed by atoms with E-state index in [2.05, 4.69) is 15.0 Å². The van der Waals surface area contributed by atoms with E-state index in [9.17, 15) is 17.6 Å². The number of aryl methyl sites for hydroxylation is 1. The van der Waals surface area contributed by atoms with E-state index in [0.29, 0.717) is 6.54 Å². The molecule has 2 rings (SSSR count). The van der Waals surface area contributed by atoms with Crippen molar-refractivity contribution >= 4 is 21.6 Å². The number of nitrogens with one attached hydrogen (secondary N) is 2. The standard InChI is InChI=1S/C18H22FN3O3S/c1-14(13-26(24,25)22-17-8-2-7-16(19)11-17)18(23)21-10-4-6-15-5-3-9-20-12-15/h2-3,5,7-9,11-12,14,22H,4,6,10,13H2,1H3,(H,21,23). The summed E-state index contributed by atoms with van der Waals surface area (Å²) in [4.78, 5) is 16.1. The molecule has 26 heavy (non-hydrogen) atoms. The second kappa shape index (κ2) is 9.28. The number of carbonyl (C=O) groups is 1. The van der Waals surface area contributed by atoms with Gasteiger partial charge < -0.3 is 5.32 Å². The normalized spacial score (nSPS) is 12.4. The number of hydrogen-bond acceptors (Lipinski definition) is 4. The number of sulfonamides is 1. The zero-order valence-electron chi connectivity index (χ0n) is 14.5. The molecule has 0 fully saturated rings. The number of hydrogen-bond donors (Lipinski definition) is 2. The van der Waals surface area contributed by atoms with Gasteiger partial charge in [0.2, 0.25) is 15.9 Å². The number of carbonyl (C=O) groups excluding carboxylic acids is 1. The van der Waals surface area contributed by atoms with Crippen molar-refractivity contribution in [1.82, 2.24) is 10.3 Å². The maximum atomic E-state index is 13.1. The number of anilines is 1. The van der Waals surface area contributed by atoms with Crippen molar-refractivity contribution in [3.63, 3.8) is 0 Å². The number of benzene rings is 1. The van der Waals surface area contributed by atoms with Crippen LogP contribution in [-0.4, -0.2) is 31.6 Å². The van der Waals surface area contributed by atoms with E-state index in [1.165, 1.54) is 18.2 Å². The first-order valence-electron chi connectivity index (χ1n) is 8.28. The molecule has 1 unspecified atom stereocenters. The van der Waals surface area contributed by atoms with E-state index in [0.717, 1.165) is 24.5 Å². The van der Waals surface area contributed by atoms with E-state index in [4.69, 9.17) is 0 Å². The molecular weight excluding hydrogens is 357 g/mol. The lowest BCUT2D eigenvalue weighted by molar-refractivity contribution is -0.123. The first-order chi connectivity index (χ1) is 12.4. The molecule has 0 aliphatic heterocycles. The molecule has 140 valence electrons. The summed E-state index contributed by atoms with van der Waals surface area (Å²) in [6.07, 6.45) is 4.99. The van der Waals surface area contributed by atoms with Crippen LogP contribution in [-0.2, 0) is 21.2 Å². The van der Waals surface area contributed by atoms with Crippen LogP contribution in [0.15, 0.2) is 48.8 Å². The topological polar surface area (TPSA) is 88.2 Å². The fourth-order valence-electron chi connectivity index (χ4n) is 2.40. The first kappa shape index (κ1) is 19.8. The van der Waals surface area contributed by atoms with Gasteiger partial charge in [-0.1, -0.05) is 19.1 Å². The largest absolute Gasteiger partial charge is 0.356 e. The van der Waals surface area contributed by atoms with Gasteiger partial charge in [0.25, 0.3) is 0 Å². The molecule has 0 saturated heterocycles. The van der Waals surface area contributed by atoms with E-state index in [-0.39, 0.29) is 17.3 Å². The number of halogens is 1. The molecule has 8 heteroatoms. The Morgan fingerprint density at radius 3 is 2.77 bits per heavy atom. The maximum Gasteiger partial charge on any atom is 0.233 e. The van der Waals surface area contributed by atoms with Crippen LogP contribution < -0.4 is 10.0 Å². The molecule has 6 nitrogen and oxygen atoms in total. The van der Waals surface area contributed by atoms with E-state index in [1.807, 2.05) is 12.1 Å². The zero-order valence-corrected chi connectivity index (χ0v) is 15.3. The molecule has 2 aromatic rings. The predicted octanol–water partition coefficient (Wildman–Crippen LogP) is 2.35.